The van der Waals surface area contributed by atoms with Gasteiger partial charge in [-0.05, 0) is 48.3 Å². The van der Waals surface area contributed by atoms with Gasteiger partial charge in [0.05, 0.1) is 0 Å². The Bertz CT molecular complexity index is 606. The van der Waals surface area contributed by atoms with Crippen molar-refractivity contribution in [3.05, 3.63) is 54.1 Å². The number of hydrogen-bond acceptors (Lipinski definition) is 1. The summed E-state index contributed by atoms with van der Waals surface area (Å²) in [5.74, 6) is 0.986. The van der Waals surface area contributed by atoms with Gasteiger partial charge in [0.2, 0.25) is 8.32 Å². The highest BCUT2D eigenvalue weighted by Crippen LogP contribution is 2.38. The maximum Gasteiger partial charge on any atom is 0.250 e. The topological polar surface area (TPSA) is 9.23 Å². The smallest absolute Gasteiger partial charge is 0.250 e. The van der Waals surface area contributed by atoms with Gasteiger partial charge in [0.15, 0.2) is 0 Å². The highest BCUT2D eigenvalue weighted by Gasteiger charge is 2.38. The molecular weight excluding hydrogens is 272 g/mol. The summed E-state index contributed by atoms with van der Waals surface area (Å²) in [5, 5.41) is 0.215. The van der Waals surface area contributed by atoms with Crippen molar-refractivity contribution in [1.29, 1.82) is 0 Å². The molecule has 0 aliphatic rings. The van der Waals surface area contributed by atoms with Crippen molar-refractivity contribution in [2.75, 3.05) is 0 Å². The molecule has 0 amide bonds. The predicted molar refractivity (Wildman–Crippen MR) is 94.4 cm³/mol. The Balaban J connectivity index is 2.28. The van der Waals surface area contributed by atoms with Crippen LogP contribution in [0.25, 0.3) is 11.1 Å². The molecule has 0 aromatic heterocycles. The van der Waals surface area contributed by atoms with Gasteiger partial charge < -0.3 is 4.43 Å². The standard InChI is InChI=1S/C19H26OSi/c1-15-10-12-16(13-11-15)17-8-7-9-18(14-17)20-21(5,6)19(2,3)4/h7-14H,1-6H3. The molecule has 2 heteroatoms. The molecule has 0 atom stereocenters. The van der Waals surface area contributed by atoms with Crippen molar-refractivity contribution in [2.45, 2.75) is 45.8 Å². The molecule has 0 fully saturated rings. The van der Waals surface area contributed by atoms with Gasteiger partial charge in [-0.25, -0.2) is 0 Å². The van der Waals surface area contributed by atoms with Crippen LogP contribution < -0.4 is 4.43 Å². The molecule has 21 heavy (non-hydrogen) atoms. The summed E-state index contributed by atoms with van der Waals surface area (Å²) in [7, 11) is -1.78. The summed E-state index contributed by atoms with van der Waals surface area (Å²) < 4.78 is 6.39. The molecule has 2 aromatic rings. The number of rotatable bonds is 3. The molecule has 0 bridgehead atoms. The summed E-state index contributed by atoms with van der Waals surface area (Å²) in [6, 6.07) is 17.1. The van der Waals surface area contributed by atoms with Gasteiger partial charge in [-0.2, -0.15) is 0 Å². The number of hydrogen-bond donors (Lipinski definition) is 0. The van der Waals surface area contributed by atoms with Gasteiger partial charge in [0.1, 0.15) is 5.75 Å². The zero-order valence-electron chi connectivity index (χ0n) is 14.0. The van der Waals surface area contributed by atoms with Crippen LogP contribution in [-0.2, 0) is 0 Å². The Morgan fingerprint density at radius 2 is 1.48 bits per heavy atom. The SMILES string of the molecule is Cc1ccc(-c2cccc(O[Si](C)(C)C(C)(C)C)c2)cc1. The maximum atomic E-state index is 6.39. The van der Waals surface area contributed by atoms with Gasteiger partial charge in [-0.15, -0.1) is 0 Å². The summed E-state index contributed by atoms with van der Waals surface area (Å²) >= 11 is 0. The van der Waals surface area contributed by atoms with Crippen molar-refractivity contribution in [3.63, 3.8) is 0 Å². The molecule has 0 aliphatic heterocycles. The molecule has 112 valence electrons. The van der Waals surface area contributed by atoms with E-state index in [-0.39, 0.29) is 5.04 Å². The van der Waals surface area contributed by atoms with Crippen molar-refractivity contribution >= 4 is 8.32 Å². The Labute approximate surface area is 130 Å². The van der Waals surface area contributed by atoms with E-state index < -0.39 is 8.32 Å². The van der Waals surface area contributed by atoms with E-state index in [0.717, 1.165) is 5.75 Å². The third kappa shape index (κ3) is 3.76. The average molecular weight is 299 g/mol. The number of aryl methyl sites for hydroxylation is 1. The molecule has 0 saturated carbocycles. The van der Waals surface area contributed by atoms with Crippen LogP contribution in [0.1, 0.15) is 26.3 Å². The van der Waals surface area contributed by atoms with Crippen LogP contribution in [0.4, 0.5) is 0 Å². The Kier molecular flexibility index (Phi) is 4.29. The third-order valence-corrected chi connectivity index (χ3v) is 8.76. The fourth-order valence-electron chi connectivity index (χ4n) is 1.93. The molecule has 0 saturated heterocycles. The molecular formula is C19H26OSi. The largest absolute Gasteiger partial charge is 0.543 e. The highest BCUT2D eigenvalue weighted by atomic mass is 28.4. The van der Waals surface area contributed by atoms with Crippen LogP contribution in [0.3, 0.4) is 0 Å². The zero-order chi connectivity index (χ0) is 15.7. The molecule has 2 rings (SSSR count). The lowest BCUT2D eigenvalue weighted by Crippen LogP contribution is -2.43. The van der Waals surface area contributed by atoms with Crippen molar-refractivity contribution < 1.29 is 4.43 Å². The van der Waals surface area contributed by atoms with Crippen LogP contribution in [-0.4, -0.2) is 8.32 Å². The van der Waals surface area contributed by atoms with Crippen molar-refractivity contribution in [3.8, 4) is 16.9 Å². The summed E-state index contributed by atoms with van der Waals surface area (Å²) in [5.41, 5.74) is 3.74. The van der Waals surface area contributed by atoms with Gasteiger partial charge in [-0.3, -0.25) is 0 Å². The second kappa shape index (κ2) is 5.68. The first-order chi connectivity index (χ1) is 9.69. The van der Waals surface area contributed by atoms with Crippen molar-refractivity contribution in [2.24, 2.45) is 0 Å². The van der Waals surface area contributed by atoms with E-state index in [4.69, 9.17) is 4.43 Å². The third-order valence-electron chi connectivity index (χ3n) is 4.40. The van der Waals surface area contributed by atoms with E-state index in [1.807, 2.05) is 0 Å². The van der Waals surface area contributed by atoms with Gasteiger partial charge in [0, 0.05) is 0 Å². The Morgan fingerprint density at radius 1 is 0.857 bits per heavy atom. The number of benzene rings is 2. The molecule has 0 radical (unpaired) electrons. The van der Waals surface area contributed by atoms with Gasteiger partial charge >= 0.3 is 0 Å². The van der Waals surface area contributed by atoms with Gasteiger partial charge in [0.25, 0.3) is 0 Å². The van der Waals surface area contributed by atoms with Crippen LogP contribution in [0.15, 0.2) is 48.5 Å². The Morgan fingerprint density at radius 3 is 2.05 bits per heavy atom. The molecule has 2 aromatic carbocycles. The minimum Gasteiger partial charge on any atom is -0.543 e. The van der Waals surface area contributed by atoms with E-state index in [1.165, 1.54) is 16.7 Å². The van der Waals surface area contributed by atoms with Crippen LogP contribution in [0.2, 0.25) is 18.1 Å². The first-order valence-electron chi connectivity index (χ1n) is 7.55. The van der Waals surface area contributed by atoms with E-state index in [2.05, 4.69) is 89.3 Å². The molecule has 1 nitrogen and oxygen atoms in total. The lowest BCUT2D eigenvalue weighted by Gasteiger charge is -2.36. The maximum absolute atomic E-state index is 6.39. The monoisotopic (exact) mass is 298 g/mol. The quantitative estimate of drug-likeness (QED) is 0.627. The lowest BCUT2D eigenvalue weighted by molar-refractivity contribution is 0.492. The minimum absolute atomic E-state index is 0.215. The first kappa shape index (κ1) is 15.8. The minimum atomic E-state index is -1.78. The molecule has 0 heterocycles. The molecule has 0 unspecified atom stereocenters. The summed E-state index contributed by atoms with van der Waals surface area (Å²) in [4.78, 5) is 0. The zero-order valence-corrected chi connectivity index (χ0v) is 15.0. The van der Waals surface area contributed by atoms with E-state index in [0.29, 0.717) is 0 Å². The van der Waals surface area contributed by atoms with E-state index in [1.54, 1.807) is 0 Å². The second-order valence-corrected chi connectivity index (χ2v) is 12.0. The fourth-order valence-corrected chi connectivity index (χ4v) is 2.96. The molecule has 0 aliphatic carbocycles. The van der Waals surface area contributed by atoms with Crippen LogP contribution >= 0.6 is 0 Å². The average Bonchev–Trinajstić information content (AvgIpc) is 2.38. The predicted octanol–water partition coefficient (Wildman–Crippen LogP) is 6.05. The van der Waals surface area contributed by atoms with Crippen LogP contribution in [0, 0.1) is 6.92 Å². The normalized spacial score (nSPS) is 12.3. The molecule has 0 N–H and O–H groups in total. The Hall–Kier alpha value is -1.54. The molecule has 0 spiro atoms. The van der Waals surface area contributed by atoms with Crippen molar-refractivity contribution in [1.82, 2.24) is 0 Å². The fraction of sp³-hybridized carbons (Fsp3) is 0.368. The van der Waals surface area contributed by atoms with E-state index >= 15 is 0 Å². The van der Waals surface area contributed by atoms with E-state index in [9.17, 15) is 0 Å². The van der Waals surface area contributed by atoms with Gasteiger partial charge in [-0.1, -0.05) is 62.7 Å². The second-order valence-electron chi connectivity index (χ2n) is 7.26. The highest BCUT2D eigenvalue weighted by molar-refractivity contribution is 6.74. The lowest BCUT2D eigenvalue weighted by atomic mass is 10.0. The summed E-state index contributed by atoms with van der Waals surface area (Å²) in [6.45, 7) is 13.5. The summed E-state index contributed by atoms with van der Waals surface area (Å²) in [6.07, 6.45) is 0. The first-order valence-corrected chi connectivity index (χ1v) is 10.5. The van der Waals surface area contributed by atoms with Crippen LogP contribution in [0.5, 0.6) is 5.75 Å².